The second kappa shape index (κ2) is 4.64. The van der Waals surface area contributed by atoms with Crippen molar-refractivity contribution in [2.24, 2.45) is 11.8 Å². The van der Waals surface area contributed by atoms with E-state index in [2.05, 4.69) is 13.8 Å². The van der Waals surface area contributed by atoms with Crippen molar-refractivity contribution in [2.75, 3.05) is 0 Å². The minimum atomic E-state index is 0.0350. The molecule has 0 aromatic heterocycles. The van der Waals surface area contributed by atoms with Gasteiger partial charge in [-0.1, -0.05) is 26.7 Å². The molecule has 0 aromatic rings. The van der Waals surface area contributed by atoms with Crippen molar-refractivity contribution in [2.45, 2.75) is 52.6 Å². The van der Waals surface area contributed by atoms with Crippen LogP contribution < -0.4 is 0 Å². The Kier molecular flexibility index (Phi) is 3.76. The fraction of sp³-hybridized carbons (Fsp3) is 0.909. The molecule has 1 aliphatic rings. The highest BCUT2D eigenvalue weighted by Crippen LogP contribution is 2.32. The zero-order valence-electron chi connectivity index (χ0n) is 8.88. The smallest absolute Gasteiger partial charge is 0.309 e. The summed E-state index contributed by atoms with van der Waals surface area (Å²) in [6.07, 6.45) is 4.49. The highest BCUT2D eigenvalue weighted by Gasteiger charge is 2.36. The molecule has 13 heavy (non-hydrogen) atoms. The number of carbonyl (C=O) groups is 1. The van der Waals surface area contributed by atoms with Crippen LogP contribution in [0.15, 0.2) is 0 Å². The fourth-order valence-electron chi connectivity index (χ4n) is 2.23. The summed E-state index contributed by atoms with van der Waals surface area (Å²) in [5.74, 6) is 0.759. The SMILES string of the molecule is CCCC(CC)[C@@H]1C[C@H](C)OC1=O. The highest BCUT2D eigenvalue weighted by atomic mass is 16.5. The van der Waals surface area contributed by atoms with Crippen molar-refractivity contribution >= 4 is 5.97 Å². The van der Waals surface area contributed by atoms with Crippen LogP contribution in [0, 0.1) is 11.8 Å². The first-order valence-corrected chi connectivity index (χ1v) is 5.39. The summed E-state index contributed by atoms with van der Waals surface area (Å²) in [6.45, 7) is 6.32. The molecular formula is C11H20O2. The average molecular weight is 184 g/mol. The van der Waals surface area contributed by atoms with Gasteiger partial charge in [0.05, 0.1) is 12.0 Å². The van der Waals surface area contributed by atoms with Gasteiger partial charge in [-0.3, -0.25) is 4.79 Å². The number of carbonyl (C=O) groups excluding carboxylic acids is 1. The zero-order valence-corrected chi connectivity index (χ0v) is 8.88. The normalized spacial score (nSPS) is 30.2. The number of hydrogen-bond acceptors (Lipinski definition) is 2. The molecule has 1 aliphatic heterocycles. The Morgan fingerprint density at radius 1 is 1.54 bits per heavy atom. The molecule has 0 bridgehead atoms. The van der Waals surface area contributed by atoms with Gasteiger partial charge in [0, 0.05) is 0 Å². The summed E-state index contributed by atoms with van der Waals surface area (Å²) in [5.41, 5.74) is 0. The van der Waals surface area contributed by atoms with E-state index in [1.54, 1.807) is 0 Å². The third-order valence-electron chi connectivity index (χ3n) is 2.96. The van der Waals surface area contributed by atoms with E-state index in [1.165, 1.54) is 0 Å². The molecule has 1 saturated heterocycles. The Balaban J connectivity index is 2.53. The van der Waals surface area contributed by atoms with E-state index in [0.717, 1.165) is 25.7 Å². The second-order valence-electron chi connectivity index (χ2n) is 4.05. The molecule has 3 atom stereocenters. The predicted octanol–water partition coefficient (Wildman–Crippen LogP) is 2.76. The van der Waals surface area contributed by atoms with Crippen LogP contribution in [0.3, 0.4) is 0 Å². The summed E-state index contributed by atoms with van der Waals surface area (Å²) >= 11 is 0. The van der Waals surface area contributed by atoms with Gasteiger partial charge in [-0.25, -0.2) is 0 Å². The lowest BCUT2D eigenvalue weighted by Crippen LogP contribution is -2.18. The van der Waals surface area contributed by atoms with Crippen LogP contribution in [0.2, 0.25) is 0 Å². The van der Waals surface area contributed by atoms with Crippen molar-refractivity contribution in [1.29, 1.82) is 0 Å². The van der Waals surface area contributed by atoms with Crippen LogP contribution in [-0.4, -0.2) is 12.1 Å². The zero-order chi connectivity index (χ0) is 9.84. The maximum atomic E-state index is 11.4. The molecule has 76 valence electrons. The van der Waals surface area contributed by atoms with E-state index in [4.69, 9.17) is 4.74 Å². The minimum absolute atomic E-state index is 0.0350. The number of rotatable bonds is 4. The Labute approximate surface area is 80.7 Å². The maximum Gasteiger partial charge on any atom is 0.309 e. The first-order valence-electron chi connectivity index (χ1n) is 5.39. The van der Waals surface area contributed by atoms with E-state index in [0.29, 0.717) is 5.92 Å². The Hall–Kier alpha value is -0.530. The largest absolute Gasteiger partial charge is 0.462 e. The molecule has 0 saturated carbocycles. The monoisotopic (exact) mass is 184 g/mol. The quantitative estimate of drug-likeness (QED) is 0.628. The highest BCUT2D eigenvalue weighted by molar-refractivity contribution is 5.74. The summed E-state index contributed by atoms with van der Waals surface area (Å²) < 4.78 is 5.16. The third kappa shape index (κ3) is 2.45. The van der Waals surface area contributed by atoms with Crippen LogP contribution >= 0.6 is 0 Å². The Morgan fingerprint density at radius 2 is 2.23 bits per heavy atom. The van der Waals surface area contributed by atoms with Gasteiger partial charge < -0.3 is 4.74 Å². The lowest BCUT2D eigenvalue weighted by Gasteiger charge is -2.17. The summed E-state index contributed by atoms with van der Waals surface area (Å²) in [5, 5.41) is 0. The van der Waals surface area contributed by atoms with E-state index >= 15 is 0 Å². The van der Waals surface area contributed by atoms with Gasteiger partial charge in [-0.05, 0) is 25.7 Å². The van der Waals surface area contributed by atoms with Crippen molar-refractivity contribution in [1.82, 2.24) is 0 Å². The van der Waals surface area contributed by atoms with Crippen LogP contribution in [-0.2, 0) is 9.53 Å². The lowest BCUT2D eigenvalue weighted by atomic mass is 9.84. The first-order chi connectivity index (χ1) is 6.19. The molecule has 0 aliphatic carbocycles. The molecule has 0 N–H and O–H groups in total. The molecule has 1 fully saturated rings. The number of esters is 1. The number of ether oxygens (including phenoxy) is 1. The van der Waals surface area contributed by atoms with Crippen LogP contribution in [0.1, 0.15) is 46.5 Å². The van der Waals surface area contributed by atoms with E-state index < -0.39 is 0 Å². The van der Waals surface area contributed by atoms with Gasteiger partial charge in [0.25, 0.3) is 0 Å². The molecular weight excluding hydrogens is 164 g/mol. The standard InChI is InChI=1S/C11H20O2/c1-4-6-9(5-2)10-7-8(3)13-11(10)12/h8-10H,4-7H2,1-3H3/t8-,9?,10-/m0/s1. The predicted molar refractivity (Wildman–Crippen MR) is 52.4 cm³/mol. The molecule has 1 unspecified atom stereocenters. The van der Waals surface area contributed by atoms with Gasteiger partial charge in [-0.15, -0.1) is 0 Å². The molecule has 0 aromatic carbocycles. The average Bonchev–Trinajstić information content (AvgIpc) is 2.41. The van der Waals surface area contributed by atoms with Crippen molar-refractivity contribution in [3.8, 4) is 0 Å². The topological polar surface area (TPSA) is 26.3 Å². The first kappa shape index (κ1) is 10.6. The second-order valence-corrected chi connectivity index (χ2v) is 4.05. The summed E-state index contributed by atoms with van der Waals surface area (Å²) in [6, 6.07) is 0. The molecule has 0 spiro atoms. The van der Waals surface area contributed by atoms with E-state index in [1.807, 2.05) is 6.92 Å². The summed E-state index contributed by atoms with van der Waals surface area (Å²) in [4.78, 5) is 11.4. The molecule has 2 nitrogen and oxygen atoms in total. The van der Waals surface area contributed by atoms with Gasteiger partial charge in [0.2, 0.25) is 0 Å². The number of hydrogen-bond donors (Lipinski definition) is 0. The van der Waals surface area contributed by atoms with E-state index in [-0.39, 0.29) is 18.0 Å². The minimum Gasteiger partial charge on any atom is -0.462 e. The van der Waals surface area contributed by atoms with Gasteiger partial charge >= 0.3 is 5.97 Å². The molecule has 2 heteroatoms. The summed E-state index contributed by atoms with van der Waals surface area (Å²) in [7, 11) is 0. The van der Waals surface area contributed by atoms with Crippen molar-refractivity contribution in [3.05, 3.63) is 0 Å². The Morgan fingerprint density at radius 3 is 2.62 bits per heavy atom. The van der Waals surface area contributed by atoms with Gasteiger partial charge in [-0.2, -0.15) is 0 Å². The molecule has 0 amide bonds. The molecule has 1 rings (SSSR count). The van der Waals surface area contributed by atoms with Crippen LogP contribution in [0.25, 0.3) is 0 Å². The van der Waals surface area contributed by atoms with Crippen LogP contribution in [0.4, 0.5) is 0 Å². The van der Waals surface area contributed by atoms with Crippen molar-refractivity contribution in [3.63, 3.8) is 0 Å². The maximum absolute atomic E-state index is 11.4. The molecule has 1 heterocycles. The van der Waals surface area contributed by atoms with Gasteiger partial charge in [0.1, 0.15) is 0 Å². The third-order valence-corrected chi connectivity index (χ3v) is 2.96. The van der Waals surface area contributed by atoms with Gasteiger partial charge in [0.15, 0.2) is 0 Å². The number of cyclic esters (lactones) is 1. The van der Waals surface area contributed by atoms with E-state index in [9.17, 15) is 4.79 Å². The molecule has 0 radical (unpaired) electrons. The fourth-order valence-corrected chi connectivity index (χ4v) is 2.23. The van der Waals surface area contributed by atoms with Crippen molar-refractivity contribution < 1.29 is 9.53 Å². The van der Waals surface area contributed by atoms with Crippen LogP contribution in [0.5, 0.6) is 0 Å². The Bertz CT molecular complexity index is 177. The lowest BCUT2D eigenvalue weighted by molar-refractivity contribution is -0.145.